The van der Waals surface area contributed by atoms with Crippen molar-refractivity contribution in [2.75, 3.05) is 11.5 Å². The molecule has 1 aromatic heterocycles. The van der Waals surface area contributed by atoms with E-state index in [1.54, 1.807) is 0 Å². The van der Waals surface area contributed by atoms with Crippen LogP contribution in [0.1, 0.15) is 0 Å². The van der Waals surface area contributed by atoms with Gasteiger partial charge in [0.2, 0.25) is 0 Å². The molecule has 1 nitrogen and oxygen atoms in total. The standard InChI is InChI=1S/C5H4OS3Se/c6-5-9-3-4(10-5)8-2-1-7-3/h1-2H2. The van der Waals surface area contributed by atoms with Crippen LogP contribution >= 0.6 is 34.9 Å². The molecule has 0 N–H and O–H groups in total. The van der Waals surface area contributed by atoms with Gasteiger partial charge in [0.05, 0.1) is 0 Å². The third-order valence-electron chi connectivity index (χ3n) is 1.07. The van der Waals surface area contributed by atoms with E-state index >= 15 is 0 Å². The van der Waals surface area contributed by atoms with Gasteiger partial charge in [-0.3, -0.25) is 0 Å². The fourth-order valence-corrected chi connectivity index (χ4v) is 8.38. The van der Waals surface area contributed by atoms with E-state index in [1.165, 1.54) is 30.8 Å². The number of hydrogen-bond donors (Lipinski definition) is 0. The van der Waals surface area contributed by atoms with E-state index in [1.807, 2.05) is 23.5 Å². The Morgan fingerprint density at radius 2 is 2.10 bits per heavy atom. The van der Waals surface area contributed by atoms with Crippen LogP contribution in [-0.4, -0.2) is 26.0 Å². The summed E-state index contributed by atoms with van der Waals surface area (Å²) in [5.74, 6) is 2.37. The van der Waals surface area contributed by atoms with Crippen LogP contribution in [0.2, 0.25) is 0 Å². The van der Waals surface area contributed by atoms with Crippen LogP contribution in [-0.2, 0) is 0 Å². The molecule has 0 saturated carbocycles. The summed E-state index contributed by atoms with van der Waals surface area (Å²) >= 11 is 5.36. The predicted molar refractivity (Wildman–Crippen MR) is 49.0 cm³/mol. The molecule has 0 aliphatic carbocycles. The summed E-state index contributed by atoms with van der Waals surface area (Å²) in [4.78, 5) is 10.9. The van der Waals surface area contributed by atoms with Gasteiger partial charge < -0.3 is 0 Å². The van der Waals surface area contributed by atoms with E-state index < -0.39 is 0 Å². The Morgan fingerprint density at radius 1 is 1.30 bits per heavy atom. The van der Waals surface area contributed by atoms with E-state index in [0.717, 1.165) is 0 Å². The van der Waals surface area contributed by atoms with E-state index in [-0.39, 0.29) is 14.5 Å². The molecule has 0 unspecified atom stereocenters. The van der Waals surface area contributed by atoms with Crippen LogP contribution in [0.15, 0.2) is 12.8 Å². The molecule has 0 amide bonds. The van der Waals surface area contributed by atoms with E-state index in [2.05, 4.69) is 0 Å². The van der Waals surface area contributed by atoms with Crippen LogP contribution in [0.3, 0.4) is 0 Å². The van der Waals surface area contributed by atoms with Crippen molar-refractivity contribution in [1.82, 2.24) is 0 Å². The normalized spacial score (nSPS) is 16.8. The Labute approximate surface area is 77.0 Å². The predicted octanol–water partition coefficient (Wildman–Crippen LogP) is 1.36. The second-order valence-corrected chi connectivity index (χ2v) is 8.41. The fourth-order valence-electron chi connectivity index (χ4n) is 0.701. The first-order valence-corrected chi connectivity index (χ1v) is 7.26. The van der Waals surface area contributed by atoms with Gasteiger partial charge in [-0.25, -0.2) is 0 Å². The van der Waals surface area contributed by atoms with Crippen molar-refractivity contribution in [3.05, 3.63) is 8.41 Å². The van der Waals surface area contributed by atoms with Crippen LogP contribution < -0.4 is 3.62 Å². The molecule has 1 aliphatic heterocycles. The fraction of sp³-hybridized carbons (Fsp3) is 0.400. The van der Waals surface area contributed by atoms with Gasteiger partial charge in [-0.1, -0.05) is 0 Å². The third-order valence-corrected chi connectivity index (χ3v) is 8.38. The van der Waals surface area contributed by atoms with Crippen molar-refractivity contribution in [2.45, 2.75) is 7.98 Å². The Morgan fingerprint density at radius 3 is 2.90 bits per heavy atom. The summed E-state index contributed by atoms with van der Waals surface area (Å²) in [7, 11) is 0. The third kappa shape index (κ3) is 1.38. The summed E-state index contributed by atoms with van der Waals surface area (Å²) in [5, 5.41) is 0. The number of fused-ring (bicyclic) bond motifs is 1. The first-order valence-electron chi connectivity index (χ1n) is 2.76. The summed E-state index contributed by atoms with van der Waals surface area (Å²) in [6.45, 7) is 0. The van der Waals surface area contributed by atoms with Crippen molar-refractivity contribution >= 4 is 49.4 Å². The minimum atomic E-state index is 0.165. The second-order valence-electron chi connectivity index (χ2n) is 1.73. The van der Waals surface area contributed by atoms with Gasteiger partial charge >= 0.3 is 77.3 Å². The Balaban J connectivity index is 2.50. The number of rotatable bonds is 0. The van der Waals surface area contributed by atoms with Gasteiger partial charge in [0, 0.05) is 0 Å². The maximum atomic E-state index is 10.9. The molecule has 2 rings (SSSR count). The monoisotopic (exact) mass is 256 g/mol. The van der Waals surface area contributed by atoms with Gasteiger partial charge in [0.25, 0.3) is 0 Å². The molecule has 0 saturated heterocycles. The SMILES string of the molecule is O=c1sc2c([se]1)SCCS2. The molecular weight excluding hydrogens is 251 g/mol. The molecule has 0 fully saturated rings. The Kier molecular flexibility index (Phi) is 2.30. The van der Waals surface area contributed by atoms with E-state index in [0.29, 0.717) is 3.62 Å². The van der Waals surface area contributed by atoms with Crippen molar-refractivity contribution in [2.24, 2.45) is 0 Å². The number of thioether (sulfide) groups is 2. The second kappa shape index (κ2) is 3.07. The van der Waals surface area contributed by atoms with Gasteiger partial charge in [0.15, 0.2) is 0 Å². The zero-order chi connectivity index (χ0) is 6.97. The van der Waals surface area contributed by atoms with E-state index in [9.17, 15) is 4.79 Å². The van der Waals surface area contributed by atoms with Crippen LogP contribution in [0, 0.1) is 0 Å². The molecule has 0 radical (unpaired) electrons. The molecule has 10 heavy (non-hydrogen) atoms. The molecule has 0 atom stereocenters. The van der Waals surface area contributed by atoms with Crippen molar-refractivity contribution < 1.29 is 0 Å². The minimum absolute atomic E-state index is 0.165. The summed E-state index contributed by atoms with van der Waals surface area (Å²) in [6.07, 6.45) is 0. The topological polar surface area (TPSA) is 17.1 Å². The number of hydrogen-bond acceptors (Lipinski definition) is 4. The summed E-state index contributed by atoms with van der Waals surface area (Å²) in [5.41, 5.74) is 0. The molecule has 54 valence electrons. The molecular formula is C5H4OS3Se. The molecule has 1 aliphatic rings. The molecule has 0 aromatic carbocycles. The first kappa shape index (κ1) is 7.50. The molecule has 2 heterocycles. The van der Waals surface area contributed by atoms with Crippen molar-refractivity contribution in [3.63, 3.8) is 0 Å². The molecule has 1 aromatic rings. The van der Waals surface area contributed by atoms with Gasteiger partial charge in [-0.2, -0.15) is 0 Å². The summed E-state index contributed by atoms with van der Waals surface area (Å²) in [6, 6.07) is 0. The summed E-state index contributed by atoms with van der Waals surface area (Å²) < 4.78 is 3.08. The van der Waals surface area contributed by atoms with Gasteiger partial charge in [0.1, 0.15) is 0 Å². The van der Waals surface area contributed by atoms with E-state index in [4.69, 9.17) is 0 Å². The molecule has 5 heteroatoms. The zero-order valence-corrected chi connectivity index (χ0v) is 9.12. The van der Waals surface area contributed by atoms with Gasteiger partial charge in [-0.05, 0) is 0 Å². The Hall–Kier alpha value is 0.849. The van der Waals surface area contributed by atoms with Crippen molar-refractivity contribution in [1.29, 1.82) is 0 Å². The quantitative estimate of drug-likeness (QED) is 0.652. The Bertz CT molecular complexity index is 263. The first-order chi connectivity index (χ1) is 4.86. The van der Waals surface area contributed by atoms with Crippen LogP contribution in [0.25, 0.3) is 0 Å². The maximum absolute atomic E-state index is 10.9. The molecule has 0 bridgehead atoms. The van der Waals surface area contributed by atoms with Gasteiger partial charge in [-0.15, -0.1) is 0 Å². The zero-order valence-electron chi connectivity index (χ0n) is 4.96. The van der Waals surface area contributed by atoms with Crippen LogP contribution in [0.5, 0.6) is 0 Å². The molecule has 0 spiro atoms. The van der Waals surface area contributed by atoms with Crippen LogP contribution in [0.4, 0.5) is 0 Å². The van der Waals surface area contributed by atoms with Crippen molar-refractivity contribution in [3.8, 4) is 0 Å². The average molecular weight is 255 g/mol. The average Bonchev–Trinajstić information content (AvgIpc) is 2.27.